The summed E-state index contributed by atoms with van der Waals surface area (Å²) in [4.78, 5) is 54.8. The van der Waals surface area contributed by atoms with Crippen molar-refractivity contribution in [3.05, 3.63) is 34.9 Å². The van der Waals surface area contributed by atoms with Gasteiger partial charge in [-0.15, -0.1) is 0 Å². The van der Waals surface area contributed by atoms with Crippen molar-refractivity contribution in [2.75, 3.05) is 32.8 Å². The molecule has 1 aromatic carbocycles. The number of carbonyl (C=O) groups is 4. The number of hydrogen-bond donors (Lipinski definition) is 0. The lowest BCUT2D eigenvalue weighted by Crippen LogP contribution is -2.50. The Morgan fingerprint density at radius 2 is 1.57 bits per heavy atom. The van der Waals surface area contributed by atoms with Gasteiger partial charge in [-0.2, -0.15) is 0 Å². The van der Waals surface area contributed by atoms with E-state index in [0.29, 0.717) is 43.9 Å². The lowest BCUT2D eigenvalue weighted by molar-refractivity contribution is 0.0507. The quantitative estimate of drug-likeness (QED) is 0.557. The summed E-state index contributed by atoms with van der Waals surface area (Å²) < 4.78 is 5.22. The molecule has 0 bridgehead atoms. The molecule has 162 valence electrons. The molecule has 0 unspecified atom stereocenters. The number of piperazine rings is 1. The fourth-order valence-corrected chi connectivity index (χ4v) is 3.65. The summed E-state index contributed by atoms with van der Waals surface area (Å²) in [5.41, 5.74) is 0.314. The second-order valence-electron chi connectivity index (χ2n) is 8.62. The van der Waals surface area contributed by atoms with Gasteiger partial charge >= 0.3 is 6.09 Å². The van der Waals surface area contributed by atoms with Crippen molar-refractivity contribution >= 4 is 23.8 Å². The Bertz CT molecular complexity index is 866. The summed E-state index contributed by atoms with van der Waals surface area (Å²) in [5, 5.41) is 0. The van der Waals surface area contributed by atoms with E-state index in [-0.39, 0.29) is 29.4 Å². The molecule has 2 aliphatic rings. The molecule has 0 spiro atoms. The normalized spacial score (nSPS) is 16.7. The average molecular weight is 415 g/mol. The Labute approximate surface area is 176 Å². The molecule has 2 aliphatic heterocycles. The monoisotopic (exact) mass is 415 g/mol. The number of nitrogens with zero attached hydrogens (tertiary/aromatic N) is 3. The van der Waals surface area contributed by atoms with Crippen LogP contribution in [0.25, 0.3) is 0 Å². The maximum atomic E-state index is 12.9. The smallest absolute Gasteiger partial charge is 0.409 e. The van der Waals surface area contributed by atoms with E-state index in [4.69, 9.17) is 4.74 Å². The zero-order valence-electron chi connectivity index (χ0n) is 18.1. The Hall–Kier alpha value is -2.90. The second kappa shape index (κ2) is 8.45. The van der Waals surface area contributed by atoms with Gasteiger partial charge in [-0.05, 0) is 45.4 Å². The Morgan fingerprint density at radius 3 is 2.17 bits per heavy atom. The largest absolute Gasteiger partial charge is 0.449 e. The summed E-state index contributed by atoms with van der Waals surface area (Å²) >= 11 is 0. The van der Waals surface area contributed by atoms with Crippen molar-refractivity contribution in [2.45, 2.75) is 46.1 Å². The van der Waals surface area contributed by atoms with Crippen LogP contribution in [-0.2, 0) is 4.74 Å². The minimum atomic E-state index is -0.639. The Morgan fingerprint density at radius 1 is 0.967 bits per heavy atom. The third-order valence-corrected chi connectivity index (χ3v) is 5.35. The first-order valence-electron chi connectivity index (χ1n) is 10.4. The third-order valence-electron chi connectivity index (χ3n) is 5.35. The number of fused-ring (bicyclic) bond motifs is 1. The van der Waals surface area contributed by atoms with Crippen molar-refractivity contribution in [3.8, 4) is 0 Å². The molecule has 3 rings (SSSR count). The second-order valence-corrected chi connectivity index (χ2v) is 8.62. The number of hydrogen-bond acceptors (Lipinski definition) is 5. The van der Waals surface area contributed by atoms with Crippen LogP contribution in [-0.4, -0.2) is 76.8 Å². The van der Waals surface area contributed by atoms with E-state index in [2.05, 4.69) is 0 Å². The van der Waals surface area contributed by atoms with Gasteiger partial charge in [-0.1, -0.05) is 13.3 Å². The first kappa shape index (κ1) is 21.8. The molecule has 0 aromatic heterocycles. The zero-order chi connectivity index (χ0) is 22.1. The van der Waals surface area contributed by atoms with E-state index in [1.165, 1.54) is 11.0 Å². The highest BCUT2D eigenvalue weighted by atomic mass is 16.6. The Balaban J connectivity index is 1.66. The molecule has 0 saturated carbocycles. The van der Waals surface area contributed by atoms with Crippen LogP contribution in [0.4, 0.5) is 4.79 Å². The predicted molar refractivity (Wildman–Crippen MR) is 110 cm³/mol. The van der Waals surface area contributed by atoms with Gasteiger partial charge < -0.3 is 14.5 Å². The fraction of sp³-hybridized carbons (Fsp3) is 0.545. The molecule has 1 aromatic rings. The molecule has 8 heteroatoms. The number of imide groups is 1. The van der Waals surface area contributed by atoms with Crippen LogP contribution in [0, 0.1) is 0 Å². The SMILES string of the molecule is CCCCOC(=O)N1CCN(C(=O)c2ccc3c(c2)C(=O)N(C(C)(C)C)C3=O)CC1. The van der Waals surface area contributed by atoms with Crippen LogP contribution in [0.3, 0.4) is 0 Å². The molecule has 8 nitrogen and oxygen atoms in total. The molecule has 0 N–H and O–H groups in total. The van der Waals surface area contributed by atoms with Crippen LogP contribution in [0.15, 0.2) is 18.2 Å². The van der Waals surface area contributed by atoms with Gasteiger partial charge in [0.15, 0.2) is 0 Å². The van der Waals surface area contributed by atoms with Crippen LogP contribution >= 0.6 is 0 Å². The van der Waals surface area contributed by atoms with Crippen LogP contribution in [0.5, 0.6) is 0 Å². The molecule has 4 amide bonds. The molecular formula is C22H29N3O5. The molecule has 1 fully saturated rings. The molecule has 0 atom stereocenters. The molecule has 0 radical (unpaired) electrons. The van der Waals surface area contributed by atoms with Crippen molar-refractivity contribution in [1.29, 1.82) is 0 Å². The minimum absolute atomic E-state index is 0.216. The lowest BCUT2D eigenvalue weighted by Gasteiger charge is -2.34. The summed E-state index contributed by atoms with van der Waals surface area (Å²) in [7, 11) is 0. The molecule has 1 saturated heterocycles. The van der Waals surface area contributed by atoms with Gasteiger partial charge in [0.25, 0.3) is 17.7 Å². The van der Waals surface area contributed by atoms with Crippen LogP contribution in [0.2, 0.25) is 0 Å². The van der Waals surface area contributed by atoms with Gasteiger partial charge in [0.05, 0.1) is 17.7 Å². The van der Waals surface area contributed by atoms with Crippen molar-refractivity contribution in [1.82, 2.24) is 14.7 Å². The van der Waals surface area contributed by atoms with E-state index >= 15 is 0 Å². The van der Waals surface area contributed by atoms with E-state index in [9.17, 15) is 19.2 Å². The van der Waals surface area contributed by atoms with E-state index < -0.39 is 5.54 Å². The van der Waals surface area contributed by atoms with Crippen LogP contribution in [0.1, 0.15) is 71.6 Å². The first-order valence-corrected chi connectivity index (χ1v) is 10.4. The van der Waals surface area contributed by atoms with E-state index in [1.54, 1.807) is 42.7 Å². The number of benzene rings is 1. The number of ether oxygens (including phenoxy) is 1. The molecular weight excluding hydrogens is 386 g/mol. The summed E-state index contributed by atoms with van der Waals surface area (Å²) in [6.07, 6.45) is 1.44. The number of unbranched alkanes of at least 4 members (excludes halogenated alkanes) is 1. The highest BCUT2D eigenvalue weighted by Crippen LogP contribution is 2.30. The van der Waals surface area contributed by atoms with E-state index in [1.807, 2.05) is 6.92 Å². The van der Waals surface area contributed by atoms with E-state index in [0.717, 1.165) is 12.8 Å². The van der Waals surface area contributed by atoms with Gasteiger partial charge in [0, 0.05) is 37.3 Å². The maximum absolute atomic E-state index is 12.9. The zero-order valence-corrected chi connectivity index (χ0v) is 18.1. The van der Waals surface area contributed by atoms with Gasteiger partial charge in [-0.25, -0.2) is 4.79 Å². The van der Waals surface area contributed by atoms with Gasteiger partial charge in [-0.3, -0.25) is 19.3 Å². The number of rotatable bonds is 4. The summed E-state index contributed by atoms with van der Waals surface area (Å²) in [6, 6.07) is 4.65. The summed E-state index contributed by atoms with van der Waals surface area (Å²) in [5.74, 6) is -0.931. The van der Waals surface area contributed by atoms with Crippen molar-refractivity contribution in [2.24, 2.45) is 0 Å². The predicted octanol–water partition coefficient (Wildman–Crippen LogP) is 2.78. The summed E-state index contributed by atoms with van der Waals surface area (Å²) in [6.45, 7) is 9.41. The lowest BCUT2D eigenvalue weighted by atomic mass is 10.0. The Kier molecular flexibility index (Phi) is 6.14. The molecule has 2 heterocycles. The topological polar surface area (TPSA) is 87.2 Å². The third kappa shape index (κ3) is 4.17. The van der Waals surface area contributed by atoms with Crippen molar-refractivity contribution < 1.29 is 23.9 Å². The highest BCUT2D eigenvalue weighted by Gasteiger charge is 2.42. The molecule has 0 aliphatic carbocycles. The van der Waals surface area contributed by atoms with Gasteiger partial charge in [0.1, 0.15) is 0 Å². The highest BCUT2D eigenvalue weighted by molar-refractivity contribution is 6.22. The molecule has 30 heavy (non-hydrogen) atoms. The first-order chi connectivity index (χ1) is 14.1. The minimum Gasteiger partial charge on any atom is -0.449 e. The fourth-order valence-electron chi connectivity index (χ4n) is 3.65. The number of carbonyl (C=O) groups excluding carboxylic acids is 4. The maximum Gasteiger partial charge on any atom is 0.409 e. The number of amides is 4. The average Bonchev–Trinajstić information content (AvgIpc) is 2.97. The van der Waals surface area contributed by atoms with Crippen molar-refractivity contribution in [3.63, 3.8) is 0 Å². The standard InChI is InChI=1S/C22H29N3O5/c1-5-6-13-30-21(29)24-11-9-23(10-12-24)18(26)15-7-8-16-17(14-15)20(28)25(19(16)27)22(2,3)4/h7-8,14H,5-6,9-13H2,1-4H3. The van der Waals surface area contributed by atoms with Gasteiger partial charge in [0.2, 0.25) is 0 Å². The van der Waals surface area contributed by atoms with Crippen LogP contribution < -0.4 is 0 Å².